The number of fused-ring (bicyclic) bond motifs is 7. The van der Waals surface area contributed by atoms with Crippen molar-refractivity contribution < 1.29 is 22.2 Å². The van der Waals surface area contributed by atoms with Crippen LogP contribution in [-0.2, 0) is 0 Å². The largest absolute Gasteiger partial charge is 0.455 e. The lowest BCUT2D eigenvalue weighted by Gasteiger charge is -2.19. The van der Waals surface area contributed by atoms with Gasteiger partial charge in [0.1, 0.15) is 11.2 Å². The minimum absolute atomic E-state index is 0.0737. The molecular weight excluding hydrogens is 641 g/mol. The molecule has 0 amide bonds. The van der Waals surface area contributed by atoms with E-state index >= 15 is 0 Å². The Morgan fingerprint density at radius 2 is 0.849 bits per heavy atom. The zero-order valence-electron chi connectivity index (χ0n) is 40.9. The molecule has 1 aromatic heterocycles. The van der Waals surface area contributed by atoms with Crippen LogP contribution in [0.3, 0.4) is 0 Å². The molecule has 1 heterocycles. The molecule has 1 nitrogen and oxygen atoms in total. The number of benzene rings is 10. The van der Waals surface area contributed by atoms with E-state index in [2.05, 4.69) is 30.3 Å². The third kappa shape index (κ3) is 4.51. The Balaban J connectivity index is 1.27. The topological polar surface area (TPSA) is 13.1 Å². The van der Waals surface area contributed by atoms with Gasteiger partial charge in [0.25, 0.3) is 0 Å². The zero-order valence-corrected chi connectivity index (χ0v) is 27.9. The van der Waals surface area contributed by atoms with Gasteiger partial charge in [0.2, 0.25) is 0 Å². The van der Waals surface area contributed by atoms with Crippen molar-refractivity contribution >= 4 is 65.0 Å². The number of hydrogen-bond donors (Lipinski definition) is 0. The second-order valence-electron chi connectivity index (χ2n) is 12.9. The van der Waals surface area contributed by atoms with Crippen LogP contribution in [0.25, 0.3) is 110 Å². The Bertz CT molecular complexity index is 3870. The third-order valence-corrected chi connectivity index (χ3v) is 10.2. The van der Waals surface area contributed by atoms with E-state index in [4.69, 9.17) is 16.8 Å². The smallest absolute Gasteiger partial charge is 0.143 e. The van der Waals surface area contributed by atoms with Crippen molar-refractivity contribution in [2.45, 2.75) is 0 Å². The molecule has 0 fully saturated rings. The van der Waals surface area contributed by atoms with Crippen LogP contribution in [0.5, 0.6) is 0 Å². The molecule has 0 aliphatic heterocycles. The van der Waals surface area contributed by atoms with Crippen LogP contribution < -0.4 is 0 Å². The van der Waals surface area contributed by atoms with Gasteiger partial charge in [0.15, 0.2) is 0 Å². The van der Waals surface area contributed by atoms with E-state index in [1.165, 1.54) is 0 Å². The summed E-state index contributed by atoms with van der Waals surface area (Å²) < 4.78 is 123. The Morgan fingerprint density at radius 3 is 1.60 bits per heavy atom. The van der Waals surface area contributed by atoms with Gasteiger partial charge < -0.3 is 4.42 Å². The Kier molecular flexibility index (Phi) is 4.36. The number of para-hydroxylation sites is 1. The van der Waals surface area contributed by atoms with Gasteiger partial charge in [0.05, 0.1) is 17.8 Å². The molecule has 10 aromatic carbocycles. The molecule has 53 heavy (non-hydrogen) atoms. The molecular formula is C52H32O. The molecule has 0 saturated carbocycles. The van der Waals surface area contributed by atoms with E-state index in [1.54, 1.807) is 6.07 Å². The highest BCUT2D eigenvalue weighted by atomic mass is 16.3. The third-order valence-electron chi connectivity index (χ3n) is 10.2. The minimum Gasteiger partial charge on any atom is -0.455 e. The molecule has 0 atom stereocenters. The number of hydrogen-bond acceptors (Lipinski definition) is 1. The lowest BCUT2D eigenvalue weighted by atomic mass is 9.83. The van der Waals surface area contributed by atoms with Crippen molar-refractivity contribution in [1.82, 2.24) is 0 Å². The normalized spacial score (nSPS) is 15.2. The number of furan rings is 1. The van der Waals surface area contributed by atoms with Gasteiger partial charge in [-0.2, -0.15) is 0 Å². The first-order valence-corrected chi connectivity index (χ1v) is 17.2. The molecule has 11 aromatic rings. The molecule has 0 saturated heterocycles. The van der Waals surface area contributed by atoms with Gasteiger partial charge in [-0.05, 0) is 88.1 Å². The summed E-state index contributed by atoms with van der Waals surface area (Å²) in [4.78, 5) is 0. The van der Waals surface area contributed by atoms with Crippen LogP contribution >= 0.6 is 0 Å². The Hall–Kier alpha value is -6.96. The predicted octanol–water partition coefficient (Wildman–Crippen LogP) is 14.9. The molecule has 0 N–H and O–H groups in total. The molecule has 0 spiro atoms. The molecule has 11 rings (SSSR count). The highest BCUT2D eigenvalue weighted by molar-refractivity contribution is 6.25. The van der Waals surface area contributed by atoms with Crippen LogP contribution in [0.1, 0.15) is 17.8 Å². The van der Waals surface area contributed by atoms with Crippen LogP contribution in [0.2, 0.25) is 0 Å². The van der Waals surface area contributed by atoms with Gasteiger partial charge in [0, 0.05) is 16.3 Å². The minimum atomic E-state index is -0.718. The average Bonchev–Trinajstić information content (AvgIpc) is 3.73. The molecule has 0 unspecified atom stereocenters. The standard InChI is InChI=1S/C52H32O/c1-2-16-34(17-3-1)49-41-22-8-10-24-43(41)50(44-25-11-9-23-42(44)49)45-32-31-39(37-20-6-7-21-38(37)45)40-27-14-30-48-51(40)47-29-13-28-46(52(47)53-48)36-26-12-18-33-15-4-5-19-35(33)36/h1-32H/i1D,2D,3D,8D,9D,10D,11D,16D,17D,22D,23D,24D,25D. The lowest BCUT2D eigenvalue weighted by molar-refractivity contribution is 0.670. The molecule has 0 aliphatic carbocycles. The molecule has 1 heteroatoms. The van der Waals surface area contributed by atoms with Crippen molar-refractivity contribution in [3.8, 4) is 44.5 Å². The Morgan fingerprint density at radius 1 is 0.340 bits per heavy atom. The van der Waals surface area contributed by atoms with E-state index < -0.39 is 84.1 Å². The van der Waals surface area contributed by atoms with Crippen molar-refractivity contribution in [2.75, 3.05) is 0 Å². The highest BCUT2D eigenvalue weighted by Gasteiger charge is 2.21. The maximum atomic E-state index is 9.46. The summed E-state index contributed by atoms with van der Waals surface area (Å²) in [6.45, 7) is 0. The van der Waals surface area contributed by atoms with Gasteiger partial charge in [-0.25, -0.2) is 0 Å². The van der Waals surface area contributed by atoms with E-state index in [-0.39, 0.29) is 32.7 Å². The molecule has 0 radical (unpaired) electrons. The maximum Gasteiger partial charge on any atom is 0.143 e. The van der Waals surface area contributed by atoms with E-state index in [0.717, 1.165) is 54.8 Å². The fourth-order valence-electron chi connectivity index (χ4n) is 8.02. The van der Waals surface area contributed by atoms with Crippen LogP contribution in [0.15, 0.2) is 198 Å². The molecule has 246 valence electrons. The predicted molar refractivity (Wildman–Crippen MR) is 225 cm³/mol. The van der Waals surface area contributed by atoms with Crippen molar-refractivity contribution in [2.24, 2.45) is 0 Å². The van der Waals surface area contributed by atoms with E-state index in [1.807, 2.05) is 78.9 Å². The Labute approximate surface area is 325 Å². The van der Waals surface area contributed by atoms with Crippen LogP contribution in [0, 0.1) is 0 Å². The van der Waals surface area contributed by atoms with E-state index in [0.29, 0.717) is 16.5 Å². The van der Waals surface area contributed by atoms with Crippen LogP contribution in [-0.4, -0.2) is 0 Å². The van der Waals surface area contributed by atoms with E-state index in [9.17, 15) is 5.48 Å². The maximum absolute atomic E-state index is 9.46. The van der Waals surface area contributed by atoms with Crippen molar-refractivity contribution in [3.05, 3.63) is 194 Å². The summed E-state index contributed by atoms with van der Waals surface area (Å²) in [6, 6.07) is 29.1. The molecule has 0 aliphatic rings. The summed E-state index contributed by atoms with van der Waals surface area (Å²) in [5.74, 6) is 0. The second-order valence-corrected chi connectivity index (χ2v) is 12.9. The zero-order chi connectivity index (χ0) is 46.2. The van der Waals surface area contributed by atoms with Gasteiger partial charge >= 0.3 is 0 Å². The lowest BCUT2D eigenvalue weighted by Crippen LogP contribution is -1.92. The summed E-state index contributed by atoms with van der Waals surface area (Å²) in [5, 5.41) is 4.49. The van der Waals surface area contributed by atoms with Gasteiger partial charge in [-0.15, -0.1) is 0 Å². The SMILES string of the molecule is [2H]c1c([2H])c([2H])c(-c2c3c([2H])c([2H])c([2H])c([2H])c3c(-c3ccc(-c4cccc5oc6c(-c7cccc8ccccc78)cccc6c45)c4ccccc34)c3c([2H])c([2H])c([2H])c([2H])c23)c([2H])c1[2H]. The first kappa shape index (κ1) is 19.6. The second kappa shape index (κ2) is 11.8. The first-order chi connectivity index (χ1) is 31.7. The molecule has 0 bridgehead atoms. The summed E-state index contributed by atoms with van der Waals surface area (Å²) in [5.41, 5.74) is 4.68. The first-order valence-electron chi connectivity index (χ1n) is 23.7. The monoisotopic (exact) mass is 685 g/mol. The fourth-order valence-corrected chi connectivity index (χ4v) is 8.02. The van der Waals surface area contributed by atoms with Crippen molar-refractivity contribution in [1.29, 1.82) is 0 Å². The average molecular weight is 686 g/mol. The quantitative estimate of drug-likeness (QED) is 0.168. The summed E-state index contributed by atoms with van der Waals surface area (Å²) in [6.07, 6.45) is 0. The van der Waals surface area contributed by atoms with Crippen molar-refractivity contribution in [3.63, 3.8) is 0 Å². The summed E-state index contributed by atoms with van der Waals surface area (Å²) in [7, 11) is 0. The van der Waals surface area contributed by atoms with Gasteiger partial charge in [-0.1, -0.05) is 188 Å². The highest BCUT2D eigenvalue weighted by Crippen LogP contribution is 2.48. The number of rotatable bonds is 4. The fraction of sp³-hybridized carbons (Fsp3) is 0. The van der Waals surface area contributed by atoms with Crippen LogP contribution in [0.4, 0.5) is 0 Å². The summed E-state index contributed by atoms with van der Waals surface area (Å²) >= 11 is 0. The van der Waals surface area contributed by atoms with Gasteiger partial charge in [-0.3, -0.25) is 0 Å².